The second-order valence-corrected chi connectivity index (χ2v) is 5.65. The zero-order valence-corrected chi connectivity index (χ0v) is 13.5. The van der Waals surface area contributed by atoms with Gasteiger partial charge in [-0.3, -0.25) is 0 Å². The van der Waals surface area contributed by atoms with Gasteiger partial charge in [0.1, 0.15) is 6.04 Å². The van der Waals surface area contributed by atoms with E-state index in [2.05, 4.69) is 12.2 Å². The van der Waals surface area contributed by atoms with Crippen LogP contribution in [-0.4, -0.2) is 40.6 Å². The third kappa shape index (κ3) is 6.26. The largest absolute Gasteiger partial charge is 0.480 e. The van der Waals surface area contributed by atoms with Gasteiger partial charge in [0.2, 0.25) is 0 Å². The average Bonchev–Trinajstić information content (AvgIpc) is 2.39. The number of amides is 2. The van der Waals surface area contributed by atoms with E-state index in [1.807, 2.05) is 27.7 Å². The summed E-state index contributed by atoms with van der Waals surface area (Å²) in [5, 5.41) is 11.9. The second kappa shape index (κ2) is 9.61. The molecule has 20 heavy (non-hydrogen) atoms. The summed E-state index contributed by atoms with van der Waals surface area (Å²) >= 11 is 0. The number of rotatable bonds is 9. The van der Waals surface area contributed by atoms with Crippen LogP contribution in [0.25, 0.3) is 0 Å². The van der Waals surface area contributed by atoms with Crippen LogP contribution in [0.4, 0.5) is 4.79 Å². The minimum Gasteiger partial charge on any atom is -0.480 e. The van der Waals surface area contributed by atoms with Gasteiger partial charge in [0.25, 0.3) is 0 Å². The first-order chi connectivity index (χ1) is 9.34. The molecule has 0 aromatic rings. The van der Waals surface area contributed by atoms with Gasteiger partial charge in [-0.25, -0.2) is 9.59 Å². The molecule has 0 aliphatic rings. The summed E-state index contributed by atoms with van der Waals surface area (Å²) in [5.74, 6) is -1.05. The van der Waals surface area contributed by atoms with Gasteiger partial charge in [-0.15, -0.1) is 0 Å². The van der Waals surface area contributed by atoms with Gasteiger partial charge < -0.3 is 15.3 Å². The van der Waals surface area contributed by atoms with Crippen molar-refractivity contribution in [2.45, 2.75) is 72.4 Å². The second-order valence-electron chi connectivity index (χ2n) is 5.65. The molecule has 0 fully saturated rings. The van der Waals surface area contributed by atoms with Crippen LogP contribution in [0.1, 0.15) is 60.3 Å². The van der Waals surface area contributed by atoms with Crippen LogP contribution in [0.3, 0.4) is 0 Å². The van der Waals surface area contributed by atoms with Crippen molar-refractivity contribution in [2.24, 2.45) is 5.92 Å². The lowest BCUT2D eigenvalue weighted by atomic mass is 9.99. The summed E-state index contributed by atoms with van der Waals surface area (Å²) in [4.78, 5) is 25.2. The van der Waals surface area contributed by atoms with E-state index in [1.54, 1.807) is 4.90 Å². The summed E-state index contributed by atoms with van der Waals surface area (Å²) in [6, 6.07) is -1.03. The van der Waals surface area contributed by atoms with Crippen LogP contribution in [0, 0.1) is 5.92 Å². The molecule has 0 spiro atoms. The number of nitrogens with one attached hydrogen (secondary N) is 1. The summed E-state index contributed by atoms with van der Waals surface area (Å²) in [7, 11) is 0. The molecule has 0 bridgehead atoms. The van der Waals surface area contributed by atoms with Crippen molar-refractivity contribution in [1.82, 2.24) is 10.2 Å². The smallest absolute Gasteiger partial charge is 0.326 e. The minimum absolute atomic E-state index is 0.0678. The third-order valence-electron chi connectivity index (χ3n) is 3.64. The molecule has 2 atom stereocenters. The summed E-state index contributed by atoms with van der Waals surface area (Å²) in [6.45, 7) is 10.5. The van der Waals surface area contributed by atoms with E-state index in [0.29, 0.717) is 6.54 Å². The molecule has 0 aromatic carbocycles. The predicted molar refractivity (Wildman–Crippen MR) is 80.8 cm³/mol. The molecule has 118 valence electrons. The molecule has 5 heteroatoms. The highest BCUT2D eigenvalue weighted by atomic mass is 16.4. The fourth-order valence-electron chi connectivity index (χ4n) is 2.03. The SMILES string of the molecule is CCCCCN(C(=O)N[C@H](C(=O)O)C(C)CC)C(C)C. The van der Waals surface area contributed by atoms with Gasteiger partial charge in [-0.2, -0.15) is 0 Å². The van der Waals surface area contributed by atoms with Crippen molar-refractivity contribution >= 4 is 12.0 Å². The standard InChI is InChI=1S/C15H30N2O3/c1-6-8-9-10-17(11(3)4)15(20)16-13(14(18)19)12(5)7-2/h11-13H,6-10H2,1-5H3,(H,16,20)(H,18,19)/t12?,13-/m0/s1. The van der Waals surface area contributed by atoms with Crippen LogP contribution in [0.2, 0.25) is 0 Å². The van der Waals surface area contributed by atoms with E-state index in [-0.39, 0.29) is 18.0 Å². The molecule has 2 N–H and O–H groups in total. The van der Waals surface area contributed by atoms with Gasteiger partial charge in [0.05, 0.1) is 0 Å². The number of carboxylic acid groups (broad SMARTS) is 1. The highest BCUT2D eigenvalue weighted by Crippen LogP contribution is 2.10. The highest BCUT2D eigenvalue weighted by Gasteiger charge is 2.28. The van der Waals surface area contributed by atoms with Crippen molar-refractivity contribution < 1.29 is 14.7 Å². The molecule has 0 aliphatic heterocycles. The van der Waals surface area contributed by atoms with E-state index in [9.17, 15) is 14.7 Å². The lowest BCUT2D eigenvalue weighted by Gasteiger charge is -2.30. The van der Waals surface area contributed by atoms with Crippen molar-refractivity contribution in [3.05, 3.63) is 0 Å². The zero-order valence-electron chi connectivity index (χ0n) is 13.5. The Kier molecular flexibility index (Phi) is 9.01. The van der Waals surface area contributed by atoms with Crippen molar-refractivity contribution in [3.63, 3.8) is 0 Å². The monoisotopic (exact) mass is 286 g/mol. The number of carboxylic acids is 1. The fraction of sp³-hybridized carbons (Fsp3) is 0.867. The summed E-state index contributed by atoms with van der Waals surface area (Å²) in [5.41, 5.74) is 0. The molecule has 0 aromatic heterocycles. The molecule has 5 nitrogen and oxygen atoms in total. The quantitative estimate of drug-likeness (QED) is 0.640. The van der Waals surface area contributed by atoms with Gasteiger partial charge in [-0.1, -0.05) is 40.0 Å². The molecule has 0 aliphatic carbocycles. The third-order valence-corrected chi connectivity index (χ3v) is 3.64. The first-order valence-corrected chi connectivity index (χ1v) is 7.65. The number of hydrogen-bond donors (Lipinski definition) is 2. The Bertz CT molecular complexity index is 305. The number of unbranched alkanes of at least 4 members (excludes halogenated alkanes) is 2. The van der Waals surface area contributed by atoms with Crippen LogP contribution in [0.15, 0.2) is 0 Å². The summed E-state index contributed by atoms with van der Waals surface area (Å²) in [6.07, 6.45) is 3.83. The zero-order chi connectivity index (χ0) is 15.7. The van der Waals surface area contributed by atoms with E-state index in [4.69, 9.17) is 0 Å². The van der Waals surface area contributed by atoms with Crippen LogP contribution < -0.4 is 5.32 Å². The van der Waals surface area contributed by atoms with Gasteiger partial charge in [-0.05, 0) is 26.2 Å². The number of carbonyl (C=O) groups is 2. The molecule has 0 saturated carbocycles. The minimum atomic E-state index is -0.968. The maximum Gasteiger partial charge on any atom is 0.326 e. The van der Waals surface area contributed by atoms with Gasteiger partial charge in [0.15, 0.2) is 0 Å². The van der Waals surface area contributed by atoms with E-state index in [0.717, 1.165) is 25.7 Å². The number of aliphatic carboxylic acids is 1. The highest BCUT2D eigenvalue weighted by molar-refractivity contribution is 5.82. The molecule has 2 amide bonds. The van der Waals surface area contributed by atoms with E-state index < -0.39 is 12.0 Å². The van der Waals surface area contributed by atoms with Crippen LogP contribution in [-0.2, 0) is 4.79 Å². The lowest BCUT2D eigenvalue weighted by Crippen LogP contribution is -2.52. The normalized spacial score (nSPS) is 13.9. The van der Waals surface area contributed by atoms with E-state index in [1.165, 1.54) is 0 Å². The molecular formula is C15H30N2O3. The van der Waals surface area contributed by atoms with Crippen molar-refractivity contribution in [2.75, 3.05) is 6.54 Å². The average molecular weight is 286 g/mol. The molecule has 0 heterocycles. The Hall–Kier alpha value is -1.26. The molecular weight excluding hydrogens is 256 g/mol. The number of hydrogen-bond acceptors (Lipinski definition) is 2. The maximum atomic E-state index is 12.3. The Labute approximate surface area is 122 Å². The molecule has 0 rings (SSSR count). The number of urea groups is 1. The lowest BCUT2D eigenvalue weighted by molar-refractivity contribution is -0.140. The first-order valence-electron chi connectivity index (χ1n) is 7.65. The summed E-state index contributed by atoms with van der Waals surface area (Å²) < 4.78 is 0. The van der Waals surface area contributed by atoms with Crippen molar-refractivity contribution in [3.8, 4) is 0 Å². The van der Waals surface area contributed by atoms with Gasteiger partial charge in [0, 0.05) is 12.6 Å². The fourth-order valence-corrected chi connectivity index (χ4v) is 2.03. The van der Waals surface area contributed by atoms with E-state index >= 15 is 0 Å². The Morgan fingerprint density at radius 1 is 1.15 bits per heavy atom. The maximum absolute atomic E-state index is 12.3. The Balaban J connectivity index is 4.67. The molecule has 1 unspecified atom stereocenters. The molecule has 0 saturated heterocycles. The van der Waals surface area contributed by atoms with Crippen LogP contribution >= 0.6 is 0 Å². The Morgan fingerprint density at radius 3 is 2.15 bits per heavy atom. The predicted octanol–water partition coefficient (Wildman–Crippen LogP) is 3.10. The van der Waals surface area contributed by atoms with Gasteiger partial charge >= 0.3 is 12.0 Å². The Morgan fingerprint density at radius 2 is 1.75 bits per heavy atom. The number of carbonyl (C=O) groups excluding carboxylic acids is 1. The van der Waals surface area contributed by atoms with Crippen molar-refractivity contribution in [1.29, 1.82) is 0 Å². The first kappa shape index (κ1) is 18.7. The number of nitrogens with zero attached hydrogens (tertiary/aromatic N) is 1. The molecule has 0 radical (unpaired) electrons. The van der Waals surface area contributed by atoms with Crippen LogP contribution in [0.5, 0.6) is 0 Å². The topological polar surface area (TPSA) is 69.6 Å².